The molecule has 0 aliphatic carbocycles. The molecule has 26 heavy (non-hydrogen) atoms. The van der Waals surface area contributed by atoms with Gasteiger partial charge in [0.05, 0.1) is 18.1 Å². The molecule has 3 aromatic rings. The van der Waals surface area contributed by atoms with E-state index in [0.29, 0.717) is 28.7 Å². The van der Waals surface area contributed by atoms with Gasteiger partial charge in [0, 0.05) is 24.2 Å². The van der Waals surface area contributed by atoms with Gasteiger partial charge in [0.25, 0.3) is 5.91 Å². The molecule has 0 bridgehead atoms. The first-order valence-electron chi connectivity index (χ1n) is 8.50. The van der Waals surface area contributed by atoms with Crippen molar-refractivity contribution in [2.75, 3.05) is 13.2 Å². The molecular formula is C19H18ClN3O3. The number of carbonyl (C=O) groups is 1. The van der Waals surface area contributed by atoms with Gasteiger partial charge in [-0.15, -0.1) is 0 Å². The number of ether oxygens (including phenoxy) is 1. The highest BCUT2D eigenvalue weighted by molar-refractivity contribution is 6.30. The fourth-order valence-corrected chi connectivity index (χ4v) is 3.10. The second-order valence-corrected chi connectivity index (χ2v) is 6.56. The van der Waals surface area contributed by atoms with E-state index < -0.39 is 0 Å². The number of furan rings is 1. The van der Waals surface area contributed by atoms with E-state index in [0.717, 1.165) is 25.1 Å². The first-order chi connectivity index (χ1) is 12.7. The average molecular weight is 372 g/mol. The van der Waals surface area contributed by atoms with E-state index in [1.165, 1.54) is 0 Å². The minimum atomic E-state index is -0.235. The Bertz CT molecular complexity index is 881. The summed E-state index contributed by atoms with van der Waals surface area (Å²) < 4.78 is 12.7. The van der Waals surface area contributed by atoms with Crippen LogP contribution in [0.15, 0.2) is 53.1 Å². The van der Waals surface area contributed by atoms with Crippen molar-refractivity contribution in [1.82, 2.24) is 15.1 Å². The van der Waals surface area contributed by atoms with Gasteiger partial charge in [0.1, 0.15) is 5.69 Å². The number of nitrogens with one attached hydrogen (secondary N) is 1. The van der Waals surface area contributed by atoms with Crippen LogP contribution >= 0.6 is 11.6 Å². The minimum Gasteiger partial charge on any atom is -0.463 e. The van der Waals surface area contributed by atoms with Crippen molar-refractivity contribution in [1.29, 1.82) is 0 Å². The van der Waals surface area contributed by atoms with Crippen LogP contribution in [0.25, 0.3) is 17.1 Å². The Morgan fingerprint density at radius 1 is 1.31 bits per heavy atom. The fourth-order valence-electron chi connectivity index (χ4n) is 2.97. The first kappa shape index (κ1) is 16.9. The Morgan fingerprint density at radius 3 is 2.85 bits per heavy atom. The predicted octanol–water partition coefficient (Wildman–Crippen LogP) is 3.69. The monoisotopic (exact) mass is 371 g/mol. The third kappa shape index (κ3) is 3.52. The number of rotatable bonds is 5. The predicted molar refractivity (Wildman–Crippen MR) is 97.6 cm³/mol. The molecule has 0 unspecified atom stereocenters. The number of amides is 1. The quantitative estimate of drug-likeness (QED) is 0.742. The number of hydrogen-bond donors (Lipinski definition) is 1. The van der Waals surface area contributed by atoms with Crippen molar-refractivity contribution in [2.45, 2.75) is 18.9 Å². The molecule has 1 aromatic carbocycles. The van der Waals surface area contributed by atoms with E-state index in [2.05, 4.69) is 10.4 Å². The average Bonchev–Trinajstić information content (AvgIpc) is 3.41. The summed E-state index contributed by atoms with van der Waals surface area (Å²) in [6.45, 7) is 1.25. The first-order valence-corrected chi connectivity index (χ1v) is 8.88. The molecule has 4 rings (SSSR count). The van der Waals surface area contributed by atoms with E-state index in [1.807, 2.05) is 18.2 Å². The highest BCUT2D eigenvalue weighted by Gasteiger charge is 2.20. The lowest BCUT2D eigenvalue weighted by molar-refractivity contribution is 0.0853. The zero-order valence-electron chi connectivity index (χ0n) is 14.0. The number of hydrogen-bond acceptors (Lipinski definition) is 4. The zero-order chi connectivity index (χ0) is 17.9. The largest absolute Gasteiger partial charge is 0.463 e. The summed E-state index contributed by atoms with van der Waals surface area (Å²) in [5.41, 5.74) is 1.81. The molecule has 134 valence electrons. The number of nitrogens with zero attached hydrogens (tertiary/aromatic N) is 2. The van der Waals surface area contributed by atoms with Crippen molar-refractivity contribution in [3.63, 3.8) is 0 Å². The standard InChI is InChI=1S/C19H18ClN3O3/c20-13-5-7-14(8-6-13)23-17(18-4-2-10-26-18)11-16(22-23)19(24)21-12-15-3-1-9-25-15/h2,4-8,10-11,15H,1,3,9,12H2,(H,21,24)/t15-/m1/s1. The topological polar surface area (TPSA) is 69.3 Å². The van der Waals surface area contributed by atoms with Crippen LogP contribution in [-0.2, 0) is 4.74 Å². The van der Waals surface area contributed by atoms with Gasteiger partial charge in [-0.1, -0.05) is 11.6 Å². The van der Waals surface area contributed by atoms with Gasteiger partial charge in [-0.05, 0) is 49.2 Å². The molecular weight excluding hydrogens is 354 g/mol. The van der Waals surface area contributed by atoms with Crippen molar-refractivity contribution < 1.29 is 13.9 Å². The molecule has 2 aromatic heterocycles. The summed E-state index contributed by atoms with van der Waals surface area (Å²) in [5.74, 6) is 0.395. The van der Waals surface area contributed by atoms with Gasteiger partial charge in [-0.3, -0.25) is 4.79 Å². The lowest BCUT2D eigenvalue weighted by atomic mass is 10.2. The number of halogens is 1. The Hall–Kier alpha value is -2.57. The molecule has 1 atom stereocenters. The number of carbonyl (C=O) groups excluding carboxylic acids is 1. The second-order valence-electron chi connectivity index (χ2n) is 6.13. The summed E-state index contributed by atoms with van der Waals surface area (Å²) >= 11 is 5.97. The number of aromatic nitrogens is 2. The molecule has 0 saturated carbocycles. The van der Waals surface area contributed by atoms with E-state index in [9.17, 15) is 4.79 Å². The van der Waals surface area contributed by atoms with Crippen LogP contribution in [0.4, 0.5) is 0 Å². The van der Waals surface area contributed by atoms with Crippen LogP contribution in [0, 0.1) is 0 Å². The van der Waals surface area contributed by atoms with Gasteiger partial charge in [-0.25, -0.2) is 4.68 Å². The van der Waals surface area contributed by atoms with Crippen molar-refractivity contribution >= 4 is 17.5 Å². The second kappa shape index (κ2) is 7.35. The summed E-state index contributed by atoms with van der Waals surface area (Å²) in [6, 6.07) is 12.6. The molecule has 0 radical (unpaired) electrons. The summed E-state index contributed by atoms with van der Waals surface area (Å²) in [5, 5.41) is 8.00. The lowest BCUT2D eigenvalue weighted by Crippen LogP contribution is -2.32. The van der Waals surface area contributed by atoms with E-state index in [1.54, 1.807) is 35.2 Å². The molecule has 0 spiro atoms. The van der Waals surface area contributed by atoms with Gasteiger partial charge in [0.2, 0.25) is 0 Å². The van der Waals surface area contributed by atoms with Crippen LogP contribution in [0.2, 0.25) is 5.02 Å². The number of benzene rings is 1. The van der Waals surface area contributed by atoms with Crippen LogP contribution < -0.4 is 5.32 Å². The SMILES string of the molecule is O=C(NC[C@H]1CCCO1)c1cc(-c2ccco2)n(-c2ccc(Cl)cc2)n1. The summed E-state index contributed by atoms with van der Waals surface area (Å²) in [6.07, 6.45) is 3.68. The minimum absolute atomic E-state index is 0.0850. The van der Waals surface area contributed by atoms with Crippen molar-refractivity contribution in [3.05, 3.63) is 59.4 Å². The van der Waals surface area contributed by atoms with Gasteiger partial charge in [-0.2, -0.15) is 5.10 Å². The maximum Gasteiger partial charge on any atom is 0.271 e. The normalized spacial score (nSPS) is 16.7. The zero-order valence-corrected chi connectivity index (χ0v) is 14.8. The Morgan fingerprint density at radius 2 is 2.15 bits per heavy atom. The third-order valence-electron chi connectivity index (χ3n) is 4.30. The summed E-state index contributed by atoms with van der Waals surface area (Å²) in [4.78, 5) is 12.5. The van der Waals surface area contributed by atoms with E-state index >= 15 is 0 Å². The maximum atomic E-state index is 12.5. The molecule has 6 nitrogen and oxygen atoms in total. The van der Waals surface area contributed by atoms with Crippen molar-refractivity contribution in [3.8, 4) is 17.1 Å². The maximum absolute atomic E-state index is 12.5. The molecule has 7 heteroatoms. The van der Waals surface area contributed by atoms with Gasteiger partial charge >= 0.3 is 0 Å². The molecule has 1 N–H and O–H groups in total. The molecule has 1 amide bonds. The molecule has 3 heterocycles. The van der Waals surface area contributed by atoms with Crippen molar-refractivity contribution in [2.24, 2.45) is 0 Å². The highest BCUT2D eigenvalue weighted by atomic mass is 35.5. The Balaban J connectivity index is 1.62. The Kier molecular flexibility index (Phi) is 4.77. The molecule has 1 aliphatic rings. The van der Waals surface area contributed by atoms with Crippen LogP contribution in [0.1, 0.15) is 23.3 Å². The summed E-state index contributed by atoms with van der Waals surface area (Å²) in [7, 11) is 0. The lowest BCUT2D eigenvalue weighted by Gasteiger charge is -2.09. The highest BCUT2D eigenvalue weighted by Crippen LogP contribution is 2.25. The van der Waals surface area contributed by atoms with Crippen LogP contribution in [-0.4, -0.2) is 34.9 Å². The van der Waals surface area contributed by atoms with Crippen LogP contribution in [0.3, 0.4) is 0 Å². The molecule has 1 aliphatic heterocycles. The molecule has 1 fully saturated rings. The third-order valence-corrected chi connectivity index (χ3v) is 4.55. The molecule has 1 saturated heterocycles. The van der Waals surface area contributed by atoms with E-state index in [4.69, 9.17) is 20.8 Å². The van der Waals surface area contributed by atoms with Gasteiger partial charge < -0.3 is 14.5 Å². The Labute approximate surface area is 155 Å². The van der Waals surface area contributed by atoms with Gasteiger partial charge in [0.15, 0.2) is 11.5 Å². The van der Waals surface area contributed by atoms with E-state index in [-0.39, 0.29) is 12.0 Å². The fraction of sp³-hybridized carbons (Fsp3) is 0.263. The smallest absolute Gasteiger partial charge is 0.271 e. The van der Waals surface area contributed by atoms with Crippen LogP contribution in [0.5, 0.6) is 0 Å².